The fourth-order valence-corrected chi connectivity index (χ4v) is 9.50. The third kappa shape index (κ3) is 5.24. The summed E-state index contributed by atoms with van der Waals surface area (Å²) in [5.74, 6) is 1.07. The molecule has 0 unspecified atom stereocenters. The maximum Gasteiger partial charge on any atom is 0.335 e. The first-order chi connectivity index (χ1) is 20.7. The number of carbonyl (C=O) groups is 3. The van der Waals surface area contributed by atoms with Crippen LogP contribution in [0.15, 0.2) is 75.2 Å². The summed E-state index contributed by atoms with van der Waals surface area (Å²) in [7, 11) is 0. The summed E-state index contributed by atoms with van der Waals surface area (Å²) in [5.41, 5.74) is 2.69. The summed E-state index contributed by atoms with van der Waals surface area (Å²) in [4.78, 5) is 40.3. The third-order valence-corrected chi connectivity index (χ3v) is 10.7. The Morgan fingerprint density at radius 3 is 2.12 bits per heavy atom. The van der Waals surface area contributed by atoms with Crippen LogP contribution in [0.5, 0.6) is 5.75 Å². The van der Waals surface area contributed by atoms with Crippen molar-refractivity contribution in [3.05, 3.63) is 97.7 Å². The minimum atomic E-state index is -0.769. The van der Waals surface area contributed by atoms with Gasteiger partial charge in [-0.3, -0.25) is 14.9 Å². The molecule has 4 amide bonds. The third-order valence-electron chi connectivity index (χ3n) is 9.54. The summed E-state index contributed by atoms with van der Waals surface area (Å²) < 4.78 is 21.0. The number of hydrogen-bond acceptors (Lipinski definition) is 4. The lowest BCUT2D eigenvalue weighted by molar-refractivity contribution is -0.122. The van der Waals surface area contributed by atoms with Gasteiger partial charge in [0.1, 0.15) is 23.7 Å². The molecule has 1 heterocycles. The van der Waals surface area contributed by atoms with Crippen molar-refractivity contribution < 1.29 is 23.5 Å². The van der Waals surface area contributed by atoms with Crippen LogP contribution in [0, 0.1) is 23.6 Å². The van der Waals surface area contributed by atoms with E-state index >= 15 is 0 Å². The highest BCUT2D eigenvalue weighted by atomic mass is 79.9. The number of amides is 4. The van der Waals surface area contributed by atoms with Gasteiger partial charge in [-0.1, -0.05) is 30.3 Å². The van der Waals surface area contributed by atoms with E-state index < -0.39 is 17.8 Å². The molecule has 6 nitrogen and oxygen atoms in total. The average Bonchev–Trinajstić information content (AvgIpc) is 2.95. The fourth-order valence-electron chi connectivity index (χ4n) is 8.05. The summed E-state index contributed by atoms with van der Waals surface area (Å²) in [6.07, 6.45) is 9.19. The van der Waals surface area contributed by atoms with Crippen molar-refractivity contribution in [1.82, 2.24) is 5.32 Å². The Bertz CT molecular complexity index is 1630. The number of barbiturate groups is 1. The molecule has 9 heteroatoms. The normalized spacial score (nSPS) is 27.1. The second-order valence-electron chi connectivity index (χ2n) is 12.4. The molecule has 4 bridgehead atoms. The molecule has 3 aromatic carbocycles. The van der Waals surface area contributed by atoms with Gasteiger partial charge < -0.3 is 4.74 Å². The Morgan fingerprint density at radius 2 is 1.51 bits per heavy atom. The number of carbonyl (C=O) groups excluding carboxylic acids is 3. The molecule has 8 rings (SSSR count). The number of urea groups is 1. The number of nitrogens with zero attached hydrogens (tertiary/aromatic N) is 1. The van der Waals surface area contributed by atoms with Gasteiger partial charge in [-0.25, -0.2) is 14.1 Å². The quantitative estimate of drug-likeness (QED) is 0.208. The van der Waals surface area contributed by atoms with Gasteiger partial charge >= 0.3 is 6.03 Å². The number of nitrogens with one attached hydrogen (secondary N) is 1. The molecule has 5 aliphatic rings. The van der Waals surface area contributed by atoms with Crippen LogP contribution in [0.3, 0.4) is 0 Å². The largest absolute Gasteiger partial charge is 0.486 e. The predicted octanol–water partition coefficient (Wildman–Crippen LogP) is 8.06. The van der Waals surface area contributed by atoms with Crippen molar-refractivity contribution in [3.8, 4) is 5.75 Å². The van der Waals surface area contributed by atoms with E-state index in [0.29, 0.717) is 31.5 Å². The van der Waals surface area contributed by atoms with E-state index in [9.17, 15) is 18.8 Å². The molecule has 4 saturated carbocycles. The molecular formula is C34H29Br2FN2O4. The highest BCUT2D eigenvalue weighted by molar-refractivity contribution is 9.11. The molecule has 1 aliphatic heterocycles. The van der Waals surface area contributed by atoms with Crippen LogP contribution in [0.25, 0.3) is 6.08 Å². The molecule has 0 aromatic heterocycles. The number of anilines is 1. The first-order valence-corrected chi connectivity index (χ1v) is 16.1. The first kappa shape index (κ1) is 28.5. The maximum absolute atomic E-state index is 14.0. The summed E-state index contributed by atoms with van der Waals surface area (Å²) >= 11 is 6.96. The Kier molecular flexibility index (Phi) is 7.29. The zero-order valence-electron chi connectivity index (χ0n) is 23.2. The van der Waals surface area contributed by atoms with Crippen LogP contribution in [0.4, 0.5) is 14.9 Å². The summed E-state index contributed by atoms with van der Waals surface area (Å²) in [6, 6.07) is 16.8. The van der Waals surface area contributed by atoms with E-state index in [1.165, 1.54) is 56.2 Å². The molecule has 0 spiro atoms. The van der Waals surface area contributed by atoms with E-state index in [1.807, 2.05) is 12.1 Å². The van der Waals surface area contributed by atoms with Gasteiger partial charge in [0.25, 0.3) is 11.8 Å². The molecule has 3 aromatic rings. The number of rotatable bonds is 6. The Labute approximate surface area is 265 Å². The Balaban J connectivity index is 1.12. The lowest BCUT2D eigenvalue weighted by Gasteiger charge is -2.57. The minimum absolute atomic E-state index is 0.0178. The van der Waals surface area contributed by atoms with E-state index in [2.05, 4.69) is 49.3 Å². The zero-order valence-corrected chi connectivity index (χ0v) is 26.4. The zero-order chi connectivity index (χ0) is 29.9. The van der Waals surface area contributed by atoms with Gasteiger partial charge in [-0.05, 0) is 141 Å². The van der Waals surface area contributed by atoms with E-state index in [-0.39, 0.29) is 23.4 Å². The Hall–Kier alpha value is -3.30. The van der Waals surface area contributed by atoms with Crippen LogP contribution in [0.1, 0.15) is 55.2 Å². The van der Waals surface area contributed by atoms with Crippen LogP contribution in [-0.2, 0) is 21.6 Å². The molecule has 1 N–H and O–H groups in total. The van der Waals surface area contributed by atoms with E-state index in [4.69, 9.17) is 4.74 Å². The van der Waals surface area contributed by atoms with E-state index in [1.54, 1.807) is 30.3 Å². The van der Waals surface area contributed by atoms with Gasteiger partial charge in [0.15, 0.2) is 0 Å². The van der Waals surface area contributed by atoms with E-state index in [0.717, 1.165) is 22.7 Å². The van der Waals surface area contributed by atoms with Crippen molar-refractivity contribution in [2.24, 2.45) is 17.8 Å². The van der Waals surface area contributed by atoms with Gasteiger partial charge in [-0.15, -0.1) is 0 Å². The Morgan fingerprint density at radius 1 is 0.907 bits per heavy atom. The van der Waals surface area contributed by atoms with Crippen LogP contribution < -0.4 is 15.0 Å². The molecule has 4 aliphatic carbocycles. The van der Waals surface area contributed by atoms with Crippen molar-refractivity contribution in [1.29, 1.82) is 0 Å². The minimum Gasteiger partial charge on any atom is -0.486 e. The van der Waals surface area contributed by atoms with Crippen LogP contribution in [0.2, 0.25) is 0 Å². The average molecular weight is 708 g/mol. The number of halogens is 3. The maximum atomic E-state index is 14.0. The second-order valence-corrected chi connectivity index (χ2v) is 14.1. The molecule has 1 saturated heterocycles. The van der Waals surface area contributed by atoms with Crippen molar-refractivity contribution in [3.63, 3.8) is 0 Å². The van der Waals surface area contributed by atoms with Crippen molar-refractivity contribution in [2.45, 2.75) is 50.5 Å². The lowest BCUT2D eigenvalue weighted by atomic mass is 9.48. The highest BCUT2D eigenvalue weighted by Gasteiger charge is 2.51. The highest BCUT2D eigenvalue weighted by Crippen LogP contribution is 2.60. The first-order valence-electron chi connectivity index (χ1n) is 14.6. The molecule has 0 radical (unpaired) electrons. The molecule has 43 heavy (non-hydrogen) atoms. The smallest absolute Gasteiger partial charge is 0.335 e. The summed E-state index contributed by atoms with van der Waals surface area (Å²) in [5, 5.41) is 2.31. The van der Waals surface area contributed by atoms with Gasteiger partial charge in [0.2, 0.25) is 0 Å². The monoisotopic (exact) mass is 706 g/mol. The predicted molar refractivity (Wildman–Crippen MR) is 168 cm³/mol. The second kappa shape index (κ2) is 11.0. The number of hydrogen-bond donors (Lipinski definition) is 1. The molecular weight excluding hydrogens is 679 g/mol. The van der Waals surface area contributed by atoms with Crippen molar-refractivity contribution in [2.75, 3.05) is 4.90 Å². The van der Waals surface area contributed by atoms with Crippen LogP contribution >= 0.6 is 31.9 Å². The number of benzene rings is 3. The van der Waals surface area contributed by atoms with Crippen molar-refractivity contribution >= 4 is 61.5 Å². The standard InChI is InChI=1S/C34H29Br2FN2O4/c35-27-13-19(14-28(36)30(27)43-18-23-3-1-2-4-29(23)37)12-26-31(40)38-33(42)39(32(26)41)25-7-5-24(6-8-25)34-15-20-9-21(16-34)11-22(10-20)17-34/h1-8,12-14,20-22H,9-11,15-18H2,(H,38,40,42)/b26-12+. The molecule has 5 fully saturated rings. The van der Waals surface area contributed by atoms with Gasteiger partial charge in [0, 0.05) is 5.56 Å². The SMILES string of the molecule is O=C1NC(=O)N(c2ccc(C34CC5CC(CC(C5)C3)C4)cc2)C(=O)/C1=C/c1cc(Br)c(OCc2ccccc2F)c(Br)c1. The van der Waals surface area contributed by atoms with Gasteiger partial charge in [-0.2, -0.15) is 0 Å². The molecule has 0 atom stereocenters. The fraction of sp³-hybridized carbons (Fsp3) is 0.324. The lowest BCUT2D eigenvalue weighted by Crippen LogP contribution is -2.54. The molecule has 220 valence electrons. The summed E-state index contributed by atoms with van der Waals surface area (Å²) in [6.45, 7) is 0.0178. The topological polar surface area (TPSA) is 75.7 Å². The van der Waals surface area contributed by atoms with Gasteiger partial charge in [0.05, 0.1) is 14.6 Å². The van der Waals surface area contributed by atoms with Crippen LogP contribution in [-0.4, -0.2) is 17.8 Å². The number of ether oxygens (including phenoxy) is 1. The number of imide groups is 2.